The molecule has 0 aromatic heterocycles. The molecular weight excluding hydrogens is 253 g/mol. The average Bonchev–Trinajstić information content (AvgIpc) is 2.37. The number of rotatable bonds is 7. The SMILES string of the molecule is COc1cc(CC(=O)NCCCC(=O)O)ccc1F. The van der Waals surface area contributed by atoms with Crippen molar-refractivity contribution in [1.29, 1.82) is 0 Å². The highest BCUT2D eigenvalue weighted by Crippen LogP contribution is 2.18. The van der Waals surface area contributed by atoms with Crippen molar-refractivity contribution in [3.05, 3.63) is 29.6 Å². The highest BCUT2D eigenvalue weighted by atomic mass is 19.1. The number of hydrogen-bond donors (Lipinski definition) is 2. The maximum absolute atomic E-state index is 13.2. The Kier molecular flexibility index (Phi) is 5.78. The van der Waals surface area contributed by atoms with Gasteiger partial charge in [0, 0.05) is 13.0 Å². The molecule has 0 saturated heterocycles. The maximum Gasteiger partial charge on any atom is 0.303 e. The van der Waals surface area contributed by atoms with Gasteiger partial charge in [-0.2, -0.15) is 0 Å². The second kappa shape index (κ2) is 7.35. The van der Waals surface area contributed by atoms with Gasteiger partial charge in [0.25, 0.3) is 0 Å². The molecule has 0 aliphatic carbocycles. The Bertz CT molecular complexity index is 462. The summed E-state index contributed by atoms with van der Waals surface area (Å²) < 4.78 is 18.0. The summed E-state index contributed by atoms with van der Waals surface area (Å²) in [6, 6.07) is 4.21. The van der Waals surface area contributed by atoms with Gasteiger partial charge in [-0.25, -0.2) is 4.39 Å². The van der Waals surface area contributed by atoms with E-state index in [0.717, 1.165) is 0 Å². The number of benzene rings is 1. The Morgan fingerprint density at radius 1 is 1.42 bits per heavy atom. The Labute approximate surface area is 110 Å². The van der Waals surface area contributed by atoms with Crippen molar-refractivity contribution >= 4 is 11.9 Å². The van der Waals surface area contributed by atoms with Crippen molar-refractivity contribution in [1.82, 2.24) is 5.32 Å². The Hall–Kier alpha value is -2.11. The zero-order valence-corrected chi connectivity index (χ0v) is 10.6. The van der Waals surface area contributed by atoms with E-state index < -0.39 is 11.8 Å². The molecule has 0 atom stereocenters. The summed E-state index contributed by atoms with van der Waals surface area (Å²) in [5.74, 6) is -1.51. The average molecular weight is 269 g/mol. The normalized spacial score (nSPS) is 10.0. The number of carbonyl (C=O) groups excluding carboxylic acids is 1. The summed E-state index contributed by atoms with van der Waals surface area (Å²) in [4.78, 5) is 21.8. The van der Waals surface area contributed by atoms with Crippen LogP contribution in [-0.4, -0.2) is 30.6 Å². The Morgan fingerprint density at radius 3 is 2.79 bits per heavy atom. The smallest absolute Gasteiger partial charge is 0.303 e. The van der Waals surface area contributed by atoms with E-state index in [1.807, 2.05) is 0 Å². The molecule has 0 unspecified atom stereocenters. The lowest BCUT2D eigenvalue weighted by Crippen LogP contribution is -2.26. The lowest BCUT2D eigenvalue weighted by molar-refractivity contribution is -0.137. The van der Waals surface area contributed by atoms with Gasteiger partial charge in [0.1, 0.15) is 0 Å². The van der Waals surface area contributed by atoms with Gasteiger partial charge in [0.2, 0.25) is 5.91 Å². The van der Waals surface area contributed by atoms with Crippen molar-refractivity contribution in [2.24, 2.45) is 0 Å². The van der Waals surface area contributed by atoms with E-state index in [1.165, 1.54) is 25.3 Å². The molecular formula is C13H16FNO4. The number of ether oxygens (including phenoxy) is 1. The molecule has 0 heterocycles. The quantitative estimate of drug-likeness (QED) is 0.733. The van der Waals surface area contributed by atoms with Crippen LogP contribution in [0.3, 0.4) is 0 Å². The van der Waals surface area contributed by atoms with E-state index in [4.69, 9.17) is 9.84 Å². The second-order valence-electron chi connectivity index (χ2n) is 3.99. The van der Waals surface area contributed by atoms with Gasteiger partial charge in [-0.3, -0.25) is 9.59 Å². The highest BCUT2D eigenvalue weighted by molar-refractivity contribution is 5.78. The summed E-state index contributed by atoms with van der Waals surface area (Å²) in [7, 11) is 1.36. The topological polar surface area (TPSA) is 75.6 Å². The van der Waals surface area contributed by atoms with Crippen LogP contribution in [-0.2, 0) is 16.0 Å². The van der Waals surface area contributed by atoms with Crippen molar-refractivity contribution in [3.8, 4) is 5.75 Å². The number of halogens is 1. The molecule has 104 valence electrons. The van der Waals surface area contributed by atoms with Crippen molar-refractivity contribution in [2.45, 2.75) is 19.3 Å². The molecule has 19 heavy (non-hydrogen) atoms. The van der Waals surface area contributed by atoms with E-state index >= 15 is 0 Å². The van der Waals surface area contributed by atoms with Crippen LogP contribution in [0.4, 0.5) is 4.39 Å². The van der Waals surface area contributed by atoms with Crippen LogP contribution in [0, 0.1) is 5.82 Å². The van der Waals surface area contributed by atoms with Gasteiger partial charge >= 0.3 is 5.97 Å². The molecule has 0 aliphatic heterocycles. The zero-order valence-electron chi connectivity index (χ0n) is 10.6. The van der Waals surface area contributed by atoms with Gasteiger partial charge in [-0.1, -0.05) is 6.07 Å². The van der Waals surface area contributed by atoms with E-state index in [9.17, 15) is 14.0 Å². The van der Waals surface area contributed by atoms with Crippen molar-refractivity contribution < 1.29 is 23.8 Å². The number of nitrogens with one attached hydrogen (secondary N) is 1. The minimum Gasteiger partial charge on any atom is -0.494 e. The van der Waals surface area contributed by atoms with Crippen LogP contribution in [0.2, 0.25) is 0 Å². The fourth-order valence-electron chi connectivity index (χ4n) is 1.53. The third-order valence-corrected chi connectivity index (χ3v) is 2.47. The van der Waals surface area contributed by atoms with E-state index in [0.29, 0.717) is 18.5 Å². The number of aliphatic carboxylic acids is 1. The number of carboxylic acids is 1. The van der Waals surface area contributed by atoms with Gasteiger partial charge in [-0.05, 0) is 24.1 Å². The first-order valence-corrected chi connectivity index (χ1v) is 5.84. The van der Waals surface area contributed by atoms with Crippen LogP contribution in [0.25, 0.3) is 0 Å². The fourth-order valence-corrected chi connectivity index (χ4v) is 1.53. The van der Waals surface area contributed by atoms with Gasteiger partial charge in [0.15, 0.2) is 11.6 Å². The first-order valence-electron chi connectivity index (χ1n) is 5.84. The minimum absolute atomic E-state index is 0.0185. The summed E-state index contributed by atoms with van der Waals surface area (Å²) >= 11 is 0. The lowest BCUT2D eigenvalue weighted by atomic mass is 10.1. The molecule has 0 radical (unpaired) electrons. The van der Waals surface area contributed by atoms with Crippen molar-refractivity contribution in [2.75, 3.05) is 13.7 Å². The number of amides is 1. The van der Waals surface area contributed by atoms with Gasteiger partial charge in [-0.15, -0.1) is 0 Å². The molecule has 0 aliphatic rings. The molecule has 1 rings (SSSR count). The summed E-state index contributed by atoms with van der Waals surface area (Å²) in [6.07, 6.45) is 0.502. The number of hydrogen-bond acceptors (Lipinski definition) is 3. The first-order chi connectivity index (χ1) is 9.02. The Morgan fingerprint density at radius 2 is 2.16 bits per heavy atom. The molecule has 1 aromatic carbocycles. The molecule has 0 fully saturated rings. The highest BCUT2D eigenvalue weighted by Gasteiger charge is 2.07. The van der Waals surface area contributed by atoms with Crippen LogP contribution in [0.5, 0.6) is 5.75 Å². The zero-order chi connectivity index (χ0) is 14.3. The number of carbonyl (C=O) groups is 2. The second-order valence-corrected chi connectivity index (χ2v) is 3.99. The molecule has 2 N–H and O–H groups in total. The van der Waals surface area contributed by atoms with Crippen LogP contribution < -0.4 is 10.1 Å². The first kappa shape index (κ1) is 14.9. The molecule has 0 bridgehead atoms. The predicted octanol–water partition coefficient (Wildman–Crippen LogP) is 1.36. The molecule has 1 aromatic rings. The third-order valence-electron chi connectivity index (χ3n) is 2.47. The summed E-state index contributed by atoms with van der Waals surface area (Å²) in [5.41, 5.74) is 0.633. The summed E-state index contributed by atoms with van der Waals surface area (Å²) in [5, 5.41) is 11.0. The maximum atomic E-state index is 13.2. The third kappa shape index (κ3) is 5.37. The number of methoxy groups -OCH3 is 1. The molecule has 6 heteroatoms. The molecule has 0 saturated carbocycles. The van der Waals surface area contributed by atoms with Crippen LogP contribution in [0.1, 0.15) is 18.4 Å². The van der Waals surface area contributed by atoms with Gasteiger partial charge < -0.3 is 15.2 Å². The van der Waals surface area contributed by atoms with Gasteiger partial charge in [0.05, 0.1) is 13.5 Å². The van der Waals surface area contributed by atoms with Crippen LogP contribution >= 0.6 is 0 Å². The lowest BCUT2D eigenvalue weighted by Gasteiger charge is -2.06. The standard InChI is InChI=1S/C13H16FNO4/c1-19-11-7-9(4-5-10(11)14)8-12(16)15-6-2-3-13(17)18/h4-5,7H,2-3,6,8H2,1H3,(H,15,16)(H,17,18). The molecule has 0 spiro atoms. The fraction of sp³-hybridized carbons (Fsp3) is 0.385. The van der Waals surface area contributed by atoms with E-state index in [-0.39, 0.29) is 24.5 Å². The van der Waals surface area contributed by atoms with E-state index in [2.05, 4.69) is 5.32 Å². The molecule has 5 nitrogen and oxygen atoms in total. The van der Waals surface area contributed by atoms with Crippen LogP contribution in [0.15, 0.2) is 18.2 Å². The number of carboxylic acid groups (broad SMARTS) is 1. The monoisotopic (exact) mass is 269 g/mol. The Balaban J connectivity index is 2.42. The molecule has 1 amide bonds. The minimum atomic E-state index is -0.891. The van der Waals surface area contributed by atoms with Crippen molar-refractivity contribution in [3.63, 3.8) is 0 Å². The largest absolute Gasteiger partial charge is 0.494 e. The van der Waals surface area contributed by atoms with E-state index in [1.54, 1.807) is 0 Å². The predicted molar refractivity (Wildman–Crippen MR) is 66.5 cm³/mol. The summed E-state index contributed by atoms with van der Waals surface area (Å²) in [6.45, 7) is 0.309.